The molecule has 4 heterocycles. The summed E-state index contributed by atoms with van der Waals surface area (Å²) in [4.78, 5) is 18.8. The van der Waals surface area contributed by atoms with Gasteiger partial charge in [0.05, 0.1) is 11.2 Å². The van der Waals surface area contributed by atoms with Gasteiger partial charge in [-0.25, -0.2) is 4.98 Å². The summed E-state index contributed by atoms with van der Waals surface area (Å²) in [7, 11) is 0. The molecule has 2 bridgehead atoms. The fourth-order valence-electron chi connectivity index (χ4n) is 3.22. The molecule has 4 rings (SSSR count). The van der Waals surface area contributed by atoms with Crippen LogP contribution in [0.25, 0.3) is 11.0 Å². The van der Waals surface area contributed by atoms with Gasteiger partial charge in [-0.05, 0) is 24.9 Å². The van der Waals surface area contributed by atoms with Gasteiger partial charge in [0.1, 0.15) is 12.0 Å². The van der Waals surface area contributed by atoms with Crippen LogP contribution in [0.5, 0.6) is 0 Å². The lowest BCUT2D eigenvalue weighted by Gasteiger charge is -2.22. The fourth-order valence-corrected chi connectivity index (χ4v) is 3.41. The van der Waals surface area contributed by atoms with Gasteiger partial charge in [0.2, 0.25) is 0 Å². The summed E-state index contributed by atoms with van der Waals surface area (Å²) in [6, 6.07) is 1.93. The van der Waals surface area contributed by atoms with Crippen LogP contribution in [-0.2, 0) is 0 Å². The van der Waals surface area contributed by atoms with E-state index in [-0.39, 0.29) is 11.9 Å². The van der Waals surface area contributed by atoms with Crippen LogP contribution in [0.4, 0.5) is 0 Å². The number of nitrogens with zero attached hydrogens (tertiary/aromatic N) is 2. The van der Waals surface area contributed by atoms with Crippen LogP contribution in [0.1, 0.15) is 16.9 Å². The largest absolute Gasteiger partial charge is 0.461 e. The van der Waals surface area contributed by atoms with E-state index >= 15 is 0 Å². The lowest BCUT2D eigenvalue weighted by Crippen LogP contribution is -2.43. The smallest absolute Gasteiger partial charge is 0.270 e. The third kappa shape index (κ3) is 1.89. The minimum Gasteiger partial charge on any atom is -0.461 e. The first-order chi connectivity index (χ1) is 9.70. The van der Waals surface area contributed by atoms with Crippen LogP contribution in [-0.4, -0.2) is 41.5 Å². The highest BCUT2D eigenvalue weighted by molar-refractivity contribution is 6.35. The van der Waals surface area contributed by atoms with Gasteiger partial charge in [0, 0.05) is 24.5 Å². The molecular weight excluding hydrogens is 278 g/mol. The molecule has 0 radical (unpaired) electrons. The first-order valence-corrected chi connectivity index (χ1v) is 7.14. The van der Waals surface area contributed by atoms with Gasteiger partial charge >= 0.3 is 0 Å². The molecule has 0 aliphatic carbocycles. The van der Waals surface area contributed by atoms with Gasteiger partial charge in [-0.15, -0.1) is 0 Å². The number of halogens is 1. The summed E-state index contributed by atoms with van der Waals surface area (Å²) in [6.45, 7) is 3.21. The molecule has 2 fully saturated rings. The second-order valence-corrected chi connectivity index (χ2v) is 5.94. The van der Waals surface area contributed by atoms with Gasteiger partial charge in [-0.1, -0.05) is 11.6 Å². The number of furan rings is 1. The van der Waals surface area contributed by atoms with Crippen molar-refractivity contribution in [2.24, 2.45) is 5.92 Å². The monoisotopic (exact) mass is 291 g/mol. The Labute approximate surface area is 120 Å². The van der Waals surface area contributed by atoms with E-state index in [0.29, 0.717) is 22.2 Å². The SMILES string of the molecule is O=C(NC1CN2CCC1C2)c1cc2c(Cl)coc2cn1. The Morgan fingerprint density at radius 3 is 3.15 bits per heavy atom. The highest BCUT2D eigenvalue weighted by Gasteiger charge is 2.38. The predicted octanol–water partition coefficient (Wildman–Crippen LogP) is 1.92. The molecule has 2 aromatic heterocycles. The Hall–Kier alpha value is -1.59. The molecule has 2 aliphatic heterocycles. The first kappa shape index (κ1) is 12.2. The predicted molar refractivity (Wildman–Crippen MR) is 74.8 cm³/mol. The molecule has 0 aromatic carbocycles. The minimum absolute atomic E-state index is 0.136. The van der Waals surface area contributed by atoms with E-state index in [9.17, 15) is 4.79 Å². The topological polar surface area (TPSA) is 58.4 Å². The number of piperidine rings is 1. The Morgan fingerprint density at radius 1 is 1.50 bits per heavy atom. The highest BCUT2D eigenvalue weighted by atomic mass is 35.5. The van der Waals surface area contributed by atoms with E-state index in [1.807, 2.05) is 0 Å². The molecular formula is C14H14ClN3O2. The van der Waals surface area contributed by atoms with Crippen LogP contribution in [0.15, 0.2) is 22.9 Å². The van der Waals surface area contributed by atoms with Crippen molar-refractivity contribution in [3.63, 3.8) is 0 Å². The van der Waals surface area contributed by atoms with Crippen molar-refractivity contribution >= 4 is 28.5 Å². The van der Waals surface area contributed by atoms with Gasteiger partial charge in [-0.3, -0.25) is 4.79 Å². The minimum atomic E-state index is -0.136. The van der Waals surface area contributed by atoms with E-state index in [1.165, 1.54) is 12.7 Å². The molecule has 6 heteroatoms. The number of nitrogens with one attached hydrogen (secondary N) is 1. The van der Waals surface area contributed by atoms with Crippen molar-refractivity contribution in [3.05, 3.63) is 29.2 Å². The summed E-state index contributed by atoms with van der Waals surface area (Å²) in [5.74, 6) is 0.447. The van der Waals surface area contributed by atoms with E-state index in [2.05, 4.69) is 15.2 Å². The molecule has 0 spiro atoms. The Bertz CT molecular complexity index is 684. The van der Waals surface area contributed by atoms with Crippen LogP contribution >= 0.6 is 11.6 Å². The molecule has 1 N–H and O–H groups in total. The lowest BCUT2D eigenvalue weighted by molar-refractivity contribution is 0.0919. The van der Waals surface area contributed by atoms with E-state index < -0.39 is 0 Å². The fraction of sp³-hybridized carbons (Fsp3) is 0.429. The molecule has 1 amide bonds. The van der Waals surface area contributed by atoms with Crippen molar-refractivity contribution in [1.82, 2.24) is 15.2 Å². The van der Waals surface area contributed by atoms with Crippen molar-refractivity contribution in [1.29, 1.82) is 0 Å². The zero-order valence-electron chi connectivity index (χ0n) is 10.8. The lowest BCUT2D eigenvalue weighted by atomic mass is 10.00. The number of amides is 1. The van der Waals surface area contributed by atoms with E-state index in [4.69, 9.17) is 16.0 Å². The van der Waals surface area contributed by atoms with Crippen LogP contribution in [0.3, 0.4) is 0 Å². The Morgan fingerprint density at radius 2 is 2.40 bits per heavy atom. The molecule has 20 heavy (non-hydrogen) atoms. The molecule has 3 atom stereocenters. The Balaban J connectivity index is 1.56. The maximum absolute atomic E-state index is 12.3. The number of carbonyl (C=O) groups is 1. The summed E-state index contributed by atoms with van der Waals surface area (Å²) in [5, 5.41) is 4.31. The molecule has 2 saturated heterocycles. The first-order valence-electron chi connectivity index (χ1n) is 6.76. The van der Waals surface area contributed by atoms with Crippen molar-refractivity contribution < 1.29 is 9.21 Å². The molecule has 5 nitrogen and oxygen atoms in total. The summed E-state index contributed by atoms with van der Waals surface area (Å²) < 4.78 is 5.22. The average Bonchev–Trinajstić information content (AvgIpc) is 3.15. The molecule has 3 unspecified atom stereocenters. The second kappa shape index (κ2) is 4.46. The van der Waals surface area contributed by atoms with Crippen molar-refractivity contribution in [3.8, 4) is 0 Å². The van der Waals surface area contributed by atoms with E-state index in [1.54, 1.807) is 12.3 Å². The maximum atomic E-state index is 12.3. The van der Waals surface area contributed by atoms with E-state index in [0.717, 1.165) is 25.0 Å². The Kier molecular flexibility index (Phi) is 2.72. The summed E-state index contributed by atoms with van der Waals surface area (Å²) in [5.41, 5.74) is 0.983. The van der Waals surface area contributed by atoms with Gasteiger partial charge < -0.3 is 14.6 Å². The maximum Gasteiger partial charge on any atom is 0.270 e. The summed E-state index contributed by atoms with van der Waals surface area (Å²) >= 11 is 6.01. The second-order valence-electron chi connectivity index (χ2n) is 5.54. The molecule has 2 aromatic rings. The standard InChI is InChI=1S/C14H14ClN3O2/c15-10-7-20-13-4-16-11(3-9(10)13)14(19)17-12-6-18-2-1-8(12)5-18/h3-4,7-8,12H,1-2,5-6H2,(H,17,19). The normalized spacial score (nSPS) is 28.1. The molecule has 0 saturated carbocycles. The number of hydrogen-bond acceptors (Lipinski definition) is 4. The highest BCUT2D eigenvalue weighted by Crippen LogP contribution is 2.28. The summed E-state index contributed by atoms with van der Waals surface area (Å²) in [6.07, 6.45) is 4.17. The number of fused-ring (bicyclic) bond motifs is 3. The number of carbonyl (C=O) groups excluding carboxylic acids is 1. The van der Waals surface area contributed by atoms with Gasteiger partial charge in [0.25, 0.3) is 5.91 Å². The average molecular weight is 292 g/mol. The number of pyridine rings is 1. The molecule has 104 valence electrons. The number of rotatable bonds is 2. The van der Waals surface area contributed by atoms with Crippen LogP contribution in [0.2, 0.25) is 5.02 Å². The zero-order chi connectivity index (χ0) is 13.7. The third-order valence-electron chi connectivity index (χ3n) is 4.30. The van der Waals surface area contributed by atoms with Crippen LogP contribution < -0.4 is 5.32 Å². The molecule has 2 aliphatic rings. The van der Waals surface area contributed by atoms with Gasteiger partial charge in [-0.2, -0.15) is 0 Å². The number of hydrogen-bond donors (Lipinski definition) is 1. The third-order valence-corrected chi connectivity index (χ3v) is 4.59. The van der Waals surface area contributed by atoms with Crippen molar-refractivity contribution in [2.45, 2.75) is 12.5 Å². The van der Waals surface area contributed by atoms with Gasteiger partial charge in [0.15, 0.2) is 5.58 Å². The zero-order valence-corrected chi connectivity index (χ0v) is 11.6. The number of aromatic nitrogens is 1. The van der Waals surface area contributed by atoms with Crippen molar-refractivity contribution in [2.75, 3.05) is 19.6 Å². The van der Waals surface area contributed by atoms with Crippen LogP contribution in [0, 0.1) is 5.92 Å². The quantitative estimate of drug-likeness (QED) is 0.918.